The molecular formula is C17H16BrN5OS2. The number of hydrogen-bond acceptors (Lipinski definition) is 6. The SMILES string of the molecule is C=CCn1nc(SCC(=O)Nc2nc(C)cs2)nc1-c1ccc(Br)cc1. The van der Waals surface area contributed by atoms with E-state index >= 15 is 0 Å². The molecule has 0 fully saturated rings. The van der Waals surface area contributed by atoms with E-state index in [1.54, 1.807) is 10.8 Å². The van der Waals surface area contributed by atoms with Gasteiger partial charge in [0.15, 0.2) is 11.0 Å². The quantitative estimate of drug-likeness (QED) is 0.427. The van der Waals surface area contributed by atoms with Crippen LogP contribution in [0.25, 0.3) is 11.4 Å². The van der Waals surface area contributed by atoms with Crippen LogP contribution in [-0.2, 0) is 11.3 Å². The highest BCUT2D eigenvalue weighted by atomic mass is 79.9. The number of carbonyl (C=O) groups is 1. The molecule has 0 aliphatic rings. The van der Waals surface area contributed by atoms with Crippen LogP contribution >= 0.6 is 39.0 Å². The van der Waals surface area contributed by atoms with Crippen molar-refractivity contribution in [1.82, 2.24) is 19.7 Å². The highest BCUT2D eigenvalue weighted by Crippen LogP contribution is 2.24. The average molecular weight is 450 g/mol. The number of nitrogens with one attached hydrogen (secondary N) is 1. The molecule has 26 heavy (non-hydrogen) atoms. The minimum Gasteiger partial charge on any atom is -0.301 e. The Hall–Kier alpha value is -1.97. The van der Waals surface area contributed by atoms with Crippen molar-refractivity contribution in [3.05, 3.63) is 52.5 Å². The molecule has 1 amide bonds. The molecule has 2 aromatic heterocycles. The summed E-state index contributed by atoms with van der Waals surface area (Å²) in [6, 6.07) is 7.86. The second-order valence-corrected chi connectivity index (χ2v) is 8.04. The van der Waals surface area contributed by atoms with Gasteiger partial charge in [-0.1, -0.05) is 45.9 Å². The van der Waals surface area contributed by atoms with Crippen LogP contribution < -0.4 is 5.32 Å². The standard InChI is InChI=1S/C17H16BrN5OS2/c1-3-8-23-15(12-4-6-13(18)7-5-12)21-17(22-23)26-10-14(24)20-16-19-11(2)9-25-16/h3-7,9H,1,8,10H2,2H3,(H,19,20,24). The van der Waals surface area contributed by atoms with E-state index < -0.39 is 0 Å². The first kappa shape index (κ1) is 18.8. The zero-order valence-electron chi connectivity index (χ0n) is 14.0. The van der Waals surface area contributed by atoms with Gasteiger partial charge in [-0.25, -0.2) is 14.6 Å². The summed E-state index contributed by atoms with van der Waals surface area (Å²) in [4.78, 5) is 20.9. The van der Waals surface area contributed by atoms with E-state index in [0.717, 1.165) is 21.6 Å². The summed E-state index contributed by atoms with van der Waals surface area (Å²) >= 11 is 6.13. The molecule has 1 aromatic carbocycles. The third-order valence-corrected chi connectivity index (χ3v) is 5.50. The third kappa shape index (κ3) is 4.80. The van der Waals surface area contributed by atoms with Crippen LogP contribution in [0.1, 0.15) is 5.69 Å². The first-order chi connectivity index (χ1) is 12.5. The van der Waals surface area contributed by atoms with Crippen molar-refractivity contribution in [2.24, 2.45) is 0 Å². The zero-order chi connectivity index (χ0) is 18.5. The van der Waals surface area contributed by atoms with Crippen LogP contribution in [0.2, 0.25) is 0 Å². The first-order valence-electron chi connectivity index (χ1n) is 7.71. The fraction of sp³-hybridized carbons (Fsp3) is 0.176. The van der Waals surface area contributed by atoms with Gasteiger partial charge < -0.3 is 5.32 Å². The predicted molar refractivity (Wildman–Crippen MR) is 110 cm³/mol. The number of anilines is 1. The number of rotatable bonds is 7. The van der Waals surface area contributed by atoms with Crippen molar-refractivity contribution in [2.45, 2.75) is 18.6 Å². The summed E-state index contributed by atoms with van der Waals surface area (Å²) in [7, 11) is 0. The lowest BCUT2D eigenvalue weighted by molar-refractivity contribution is -0.113. The van der Waals surface area contributed by atoms with Crippen LogP contribution in [0, 0.1) is 6.92 Å². The molecule has 3 aromatic rings. The maximum atomic E-state index is 12.1. The Morgan fingerprint density at radius 1 is 1.38 bits per heavy atom. The van der Waals surface area contributed by atoms with Crippen LogP contribution in [-0.4, -0.2) is 31.4 Å². The number of carbonyl (C=O) groups excluding carboxylic acids is 1. The molecule has 1 N–H and O–H groups in total. The molecule has 0 saturated carbocycles. The fourth-order valence-corrected chi connectivity index (χ4v) is 3.75. The van der Waals surface area contributed by atoms with Gasteiger partial charge in [0.2, 0.25) is 11.1 Å². The van der Waals surface area contributed by atoms with Gasteiger partial charge in [-0.3, -0.25) is 4.79 Å². The molecule has 6 nitrogen and oxygen atoms in total. The van der Waals surface area contributed by atoms with Gasteiger partial charge in [-0.15, -0.1) is 23.0 Å². The minimum atomic E-state index is -0.130. The Bertz CT molecular complexity index is 920. The summed E-state index contributed by atoms with van der Waals surface area (Å²) in [5.74, 6) is 0.835. The van der Waals surface area contributed by atoms with Crippen molar-refractivity contribution < 1.29 is 4.79 Å². The van der Waals surface area contributed by atoms with Gasteiger partial charge in [0.05, 0.1) is 18.0 Å². The molecule has 0 aliphatic heterocycles. The number of amides is 1. The lowest BCUT2D eigenvalue weighted by Crippen LogP contribution is -2.14. The smallest absolute Gasteiger partial charge is 0.236 e. The molecule has 0 atom stereocenters. The summed E-state index contributed by atoms with van der Waals surface area (Å²) in [5.41, 5.74) is 1.85. The summed E-state index contributed by atoms with van der Waals surface area (Å²) in [6.07, 6.45) is 1.77. The van der Waals surface area contributed by atoms with E-state index in [1.165, 1.54) is 23.1 Å². The lowest BCUT2D eigenvalue weighted by Gasteiger charge is -2.02. The van der Waals surface area contributed by atoms with Gasteiger partial charge in [-0.2, -0.15) is 0 Å². The Labute approximate surface area is 167 Å². The second kappa shape index (κ2) is 8.61. The predicted octanol–water partition coefficient (Wildman–Crippen LogP) is 4.39. The highest BCUT2D eigenvalue weighted by molar-refractivity contribution is 9.10. The van der Waals surface area contributed by atoms with Crippen molar-refractivity contribution in [3.63, 3.8) is 0 Å². The number of thiazole rings is 1. The molecule has 134 valence electrons. The van der Waals surface area contributed by atoms with Gasteiger partial charge in [-0.05, 0) is 19.1 Å². The van der Waals surface area contributed by atoms with Crippen LogP contribution in [0.3, 0.4) is 0 Å². The minimum absolute atomic E-state index is 0.130. The molecule has 0 saturated heterocycles. The van der Waals surface area contributed by atoms with Crippen LogP contribution in [0.4, 0.5) is 5.13 Å². The molecule has 3 rings (SSSR count). The maximum absolute atomic E-state index is 12.1. The van der Waals surface area contributed by atoms with Gasteiger partial charge in [0.1, 0.15) is 0 Å². The number of aromatic nitrogens is 4. The number of thioether (sulfide) groups is 1. The molecule has 0 unspecified atom stereocenters. The number of nitrogens with zero attached hydrogens (tertiary/aromatic N) is 4. The number of allylic oxidation sites excluding steroid dienone is 1. The first-order valence-corrected chi connectivity index (χ1v) is 10.4. The van der Waals surface area contributed by atoms with E-state index in [2.05, 4.69) is 42.9 Å². The Kier molecular flexibility index (Phi) is 6.23. The Morgan fingerprint density at radius 3 is 2.81 bits per heavy atom. The van der Waals surface area contributed by atoms with Crippen molar-refractivity contribution in [2.75, 3.05) is 11.1 Å². The normalized spacial score (nSPS) is 10.7. The van der Waals surface area contributed by atoms with E-state index in [0.29, 0.717) is 16.8 Å². The third-order valence-electron chi connectivity index (χ3n) is 3.25. The zero-order valence-corrected chi connectivity index (χ0v) is 17.2. The van der Waals surface area contributed by atoms with Crippen LogP contribution in [0.15, 0.2) is 51.9 Å². The van der Waals surface area contributed by atoms with Crippen molar-refractivity contribution >= 4 is 50.1 Å². The number of halogens is 1. The average Bonchev–Trinajstić information content (AvgIpc) is 3.20. The Balaban J connectivity index is 1.69. The Morgan fingerprint density at radius 2 is 2.15 bits per heavy atom. The van der Waals surface area contributed by atoms with E-state index in [1.807, 2.05) is 36.6 Å². The summed E-state index contributed by atoms with van der Waals surface area (Å²) < 4.78 is 2.78. The number of hydrogen-bond donors (Lipinski definition) is 1. The summed E-state index contributed by atoms with van der Waals surface area (Å²) in [5, 5.41) is 10.3. The molecule has 9 heteroatoms. The molecule has 2 heterocycles. The van der Waals surface area contributed by atoms with Gasteiger partial charge in [0, 0.05) is 15.4 Å². The fourth-order valence-electron chi connectivity index (χ4n) is 2.14. The molecule has 0 bridgehead atoms. The maximum Gasteiger partial charge on any atom is 0.236 e. The second-order valence-electron chi connectivity index (χ2n) is 5.33. The van der Waals surface area contributed by atoms with E-state index in [-0.39, 0.29) is 11.7 Å². The van der Waals surface area contributed by atoms with Crippen molar-refractivity contribution in [1.29, 1.82) is 0 Å². The lowest BCUT2D eigenvalue weighted by atomic mass is 10.2. The number of benzene rings is 1. The molecule has 0 radical (unpaired) electrons. The molecule has 0 aliphatic carbocycles. The topological polar surface area (TPSA) is 72.7 Å². The largest absolute Gasteiger partial charge is 0.301 e. The van der Waals surface area contributed by atoms with Crippen molar-refractivity contribution in [3.8, 4) is 11.4 Å². The van der Waals surface area contributed by atoms with Gasteiger partial charge >= 0.3 is 0 Å². The monoisotopic (exact) mass is 449 g/mol. The molecule has 0 spiro atoms. The van der Waals surface area contributed by atoms with Crippen LogP contribution in [0.5, 0.6) is 0 Å². The summed E-state index contributed by atoms with van der Waals surface area (Å²) in [6.45, 7) is 6.20. The molecular weight excluding hydrogens is 434 g/mol. The van der Waals surface area contributed by atoms with Gasteiger partial charge in [0.25, 0.3) is 0 Å². The highest BCUT2D eigenvalue weighted by Gasteiger charge is 2.14. The number of aryl methyl sites for hydroxylation is 1. The van der Waals surface area contributed by atoms with E-state index in [9.17, 15) is 4.79 Å². The van der Waals surface area contributed by atoms with E-state index in [4.69, 9.17) is 0 Å².